The number of fused-ring (bicyclic) bond motifs is 6. The average Bonchev–Trinajstić information content (AvgIpc) is 3.58. The van der Waals surface area contributed by atoms with Crippen molar-refractivity contribution in [1.82, 2.24) is 29.2 Å². The zero-order chi connectivity index (χ0) is 24.8. The number of imidazole rings is 1. The molecule has 186 valence electrons. The Bertz CT molecular complexity index is 1440. The molecule has 3 aliphatic heterocycles. The number of benzene rings is 1. The van der Waals surface area contributed by atoms with Gasteiger partial charge in [0.05, 0.1) is 42.1 Å². The molecule has 2 bridgehead atoms. The van der Waals surface area contributed by atoms with Crippen LogP contribution in [-0.2, 0) is 4.74 Å². The van der Waals surface area contributed by atoms with Crippen molar-refractivity contribution < 1.29 is 9.84 Å². The van der Waals surface area contributed by atoms with Gasteiger partial charge in [-0.2, -0.15) is 5.26 Å². The fraction of sp³-hybridized carbons (Fsp3) is 0.440. The predicted octanol–water partition coefficient (Wildman–Crippen LogP) is 1.66. The quantitative estimate of drug-likeness (QED) is 0.395. The lowest BCUT2D eigenvalue weighted by atomic mass is 10.1. The number of nitrogens with zero attached hydrogens (tertiary/aromatic N) is 6. The number of thiocarbonyl (C=S) groups is 1. The largest absolute Gasteiger partial charge is 0.493 e. The molecule has 0 radical (unpaired) electrons. The SMILES string of the molecule is N#Cc1ccc(-n2c(O)c3n(c2=O)[C@H]2C[C@@H]3N(C(=S)NCCCN3CCOCC3)C2)c2cccnc12. The lowest BCUT2D eigenvalue weighted by Crippen LogP contribution is -2.44. The first-order chi connectivity index (χ1) is 17.6. The topological polar surface area (TPSA) is 112 Å². The zero-order valence-corrected chi connectivity index (χ0v) is 20.6. The Kier molecular flexibility index (Phi) is 5.87. The van der Waals surface area contributed by atoms with E-state index in [1.54, 1.807) is 29.0 Å². The molecule has 2 atom stereocenters. The van der Waals surface area contributed by atoms with Crippen LogP contribution in [0.25, 0.3) is 16.6 Å². The third-order valence-corrected chi connectivity index (χ3v) is 7.84. The van der Waals surface area contributed by atoms with Gasteiger partial charge in [0, 0.05) is 37.8 Å². The van der Waals surface area contributed by atoms with Gasteiger partial charge in [0.15, 0.2) is 5.11 Å². The summed E-state index contributed by atoms with van der Waals surface area (Å²) in [6.07, 6.45) is 3.33. The van der Waals surface area contributed by atoms with Crippen LogP contribution in [0.1, 0.15) is 36.2 Å². The molecule has 2 aromatic heterocycles. The van der Waals surface area contributed by atoms with Crippen molar-refractivity contribution >= 4 is 28.2 Å². The van der Waals surface area contributed by atoms with Crippen LogP contribution in [-0.4, -0.2) is 80.1 Å². The highest BCUT2D eigenvalue weighted by atomic mass is 32.1. The summed E-state index contributed by atoms with van der Waals surface area (Å²) in [6, 6.07) is 8.82. The summed E-state index contributed by atoms with van der Waals surface area (Å²) in [5, 5.41) is 25.4. The van der Waals surface area contributed by atoms with E-state index in [1.807, 2.05) is 6.07 Å². The van der Waals surface area contributed by atoms with E-state index >= 15 is 0 Å². The molecule has 0 amide bonds. The minimum Gasteiger partial charge on any atom is -0.493 e. The van der Waals surface area contributed by atoms with E-state index in [9.17, 15) is 15.2 Å². The highest BCUT2D eigenvalue weighted by molar-refractivity contribution is 7.80. The number of nitriles is 1. The number of rotatable bonds is 5. The number of pyridine rings is 1. The Morgan fingerprint density at radius 1 is 1.31 bits per heavy atom. The van der Waals surface area contributed by atoms with Crippen LogP contribution < -0.4 is 11.0 Å². The molecule has 2 saturated heterocycles. The second kappa shape index (κ2) is 9.20. The summed E-state index contributed by atoms with van der Waals surface area (Å²) in [5.74, 6) is -0.0813. The number of aromatic nitrogens is 3. The van der Waals surface area contributed by atoms with Crippen molar-refractivity contribution in [2.24, 2.45) is 0 Å². The number of likely N-dealkylation sites (tertiary alicyclic amines) is 1. The van der Waals surface area contributed by atoms with Crippen molar-refractivity contribution in [3.63, 3.8) is 0 Å². The minimum atomic E-state index is -0.283. The first-order valence-electron chi connectivity index (χ1n) is 12.3. The van der Waals surface area contributed by atoms with Gasteiger partial charge in [-0.25, -0.2) is 9.36 Å². The monoisotopic (exact) mass is 505 g/mol. The minimum absolute atomic E-state index is 0.0551. The normalized spacial score (nSPS) is 21.0. The Labute approximate surface area is 213 Å². The Morgan fingerprint density at radius 3 is 2.94 bits per heavy atom. The first-order valence-corrected chi connectivity index (χ1v) is 12.7. The number of nitrogens with one attached hydrogen (secondary N) is 1. The molecule has 0 aliphatic carbocycles. The molecular formula is C25H27N7O3S. The molecule has 5 heterocycles. The van der Waals surface area contributed by atoms with E-state index in [2.05, 4.69) is 26.2 Å². The first kappa shape index (κ1) is 23.0. The van der Waals surface area contributed by atoms with Crippen molar-refractivity contribution in [3.8, 4) is 17.6 Å². The predicted molar refractivity (Wildman–Crippen MR) is 137 cm³/mol. The van der Waals surface area contributed by atoms with Crippen molar-refractivity contribution in [2.45, 2.75) is 24.9 Å². The van der Waals surface area contributed by atoms with Crippen molar-refractivity contribution in [1.29, 1.82) is 5.26 Å². The molecule has 0 spiro atoms. The fourth-order valence-electron chi connectivity index (χ4n) is 5.75. The number of aromatic hydroxyl groups is 1. The summed E-state index contributed by atoms with van der Waals surface area (Å²) < 4.78 is 8.44. The number of hydrogen-bond acceptors (Lipinski definition) is 7. The van der Waals surface area contributed by atoms with Crippen LogP contribution in [0.4, 0.5) is 0 Å². The van der Waals surface area contributed by atoms with E-state index in [0.29, 0.717) is 39.5 Å². The maximum Gasteiger partial charge on any atom is 0.336 e. The standard InChI is InChI=1S/C25H27N7O3S/c26-14-16-4-5-19(18-3-1-6-27-21(16)18)32-23(33)22-20-13-17(31(22)25(32)34)15-30(20)24(36)28-7-2-8-29-9-11-35-12-10-29/h1,3-6,17,20,33H,2,7-13,15H2,(H,28,36)/t17-,20-/m0/s1. The number of morpholine rings is 1. The van der Waals surface area contributed by atoms with Gasteiger partial charge in [-0.05, 0) is 55.9 Å². The van der Waals surface area contributed by atoms with Crippen LogP contribution in [0.5, 0.6) is 5.88 Å². The van der Waals surface area contributed by atoms with Gasteiger partial charge in [0.2, 0.25) is 5.88 Å². The zero-order valence-electron chi connectivity index (χ0n) is 19.8. The fourth-order valence-corrected chi connectivity index (χ4v) is 6.06. The van der Waals surface area contributed by atoms with Gasteiger partial charge in [-0.3, -0.25) is 14.5 Å². The second-order valence-corrected chi connectivity index (χ2v) is 9.82. The molecule has 1 aromatic carbocycles. The number of ether oxygens (including phenoxy) is 1. The second-order valence-electron chi connectivity index (χ2n) is 9.44. The van der Waals surface area contributed by atoms with Crippen LogP contribution >= 0.6 is 12.2 Å². The third-order valence-electron chi connectivity index (χ3n) is 7.46. The summed E-state index contributed by atoms with van der Waals surface area (Å²) >= 11 is 5.71. The Balaban J connectivity index is 1.23. The molecule has 3 aliphatic rings. The lowest BCUT2D eigenvalue weighted by Gasteiger charge is -2.30. The van der Waals surface area contributed by atoms with Gasteiger partial charge in [-0.1, -0.05) is 0 Å². The third kappa shape index (κ3) is 3.64. The van der Waals surface area contributed by atoms with Gasteiger partial charge in [-0.15, -0.1) is 0 Å². The van der Waals surface area contributed by atoms with E-state index in [-0.39, 0.29) is 23.7 Å². The van der Waals surface area contributed by atoms with E-state index in [0.717, 1.165) is 52.2 Å². The summed E-state index contributed by atoms with van der Waals surface area (Å²) in [7, 11) is 0. The maximum atomic E-state index is 13.5. The van der Waals surface area contributed by atoms with Crippen molar-refractivity contribution in [2.75, 3.05) is 45.9 Å². The molecule has 0 unspecified atom stereocenters. The highest BCUT2D eigenvalue weighted by Gasteiger charge is 2.48. The lowest BCUT2D eigenvalue weighted by molar-refractivity contribution is 0.0375. The number of hydrogen-bond donors (Lipinski definition) is 2. The molecular weight excluding hydrogens is 478 g/mol. The summed E-state index contributed by atoms with van der Waals surface area (Å²) in [6.45, 7) is 5.93. The molecule has 2 fully saturated rings. The Hall–Kier alpha value is -3.46. The van der Waals surface area contributed by atoms with Crippen LogP contribution in [0.2, 0.25) is 0 Å². The van der Waals surface area contributed by atoms with Gasteiger partial charge >= 0.3 is 5.69 Å². The molecule has 0 saturated carbocycles. The molecule has 3 aromatic rings. The van der Waals surface area contributed by atoms with Gasteiger partial charge in [0.25, 0.3) is 0 Å². The van der Waals surface area contributed by atoms with E-state index in [1.165, 1.54) is 4.57 Å². The van der Waals surface area contributed by atoms with Crippen LogP contribution in [0.3, 0.4) is 0 Å². The van der Waals surface area contributed by atoms with Crippen LogP contribution in [0.15, 0.2) is 35.3 Å². The highest BCUT2D eigenvalue weighted by Crippen LogP contribution is 2.48. The van der Waals surface area contributed by atoms with Gasteiger partial charge < -0.3 is 20.1 Å². The summed E-state index contributed by atoms with van der Waals surface area (Å²) in [5.41, 5.74) is 1.74. The van der Waals surface area contributed by atoms with Crippen LogP contribution in [0, 0.1) is 11.3 Å². The van der Waals surface area contributed by atoms with E-state index < -0.39 is 0 Å². The molecule has 11 heteroatoms. The van der Waals surface area contributed by atoms with E-state index in [4.69, 9.17) is 17.0 Å². The van der Waals surface area contributed by atoms with Crippen molar-refractivity contribution in [3.05, 3.63) is 52.2 Å². The maximum absolute atomic E-state index is 13.5. The Morgan fingerprint density at radius 2 is 2.14 bits per heavy atom. The molecule has 10 nitrogen and oxygen atoms in total. The van der Waals surface area contributed by atoms with Gasteiger partial charge in [0.1, 0.15) is 11.8 Å². The molecule has 6 rings (SSSR count). The smallest absolute Gasteiger partial charge is 0.336 e. The molecule has 2 N–H and O–H groups in total. The molecule has 36 heavy (non-hydrogen) atoms. The average molecular weight is 506 g/mol. The summed E-state index contributed by atoms with van der Waals surface area (Å²) in [4.78, 5) is 22.3.